The number of ether oxygens (including phenoxy) is 1. The number of hydrogen-bond acceptors (Lipinski definition) is 4. The van der Waals surface area contributed by atoms with Crippen LogP contribution in [0.5, 0.6) is 5.75 Å². The Bertz CT molecular complexity index is 630. The van der Waals surface area contributed by atoms with E-state index in [0.717, 1.165) is 35.8 Å². The average Bonchev–Trinajstić information content (AvgIpc) is 2.95. The highest BCUT2D eigenvalue weighted by molar-refractivity contribution is 5.84. The van der Waals surface area contributed by atoms with Crippen molar-refractivity contribution in [2.24, 2.45) is 0 Å². The molecule has 0 bridgehead atoms. The zero-order chi connectivity index (χ0) is 18.7. The van der Waals surface area contributed by atoms with Gasteiger partial charge in [-0.15, -0.1) is 0 Å². The molecule has 1 amide bonds. The normalized spacial score (nSPS) is 22.8. The minimum absolute atomic E-state index is 0.185. The van der Waals surface area contributed by atoms with Gasteiger partial charge in [-0.2, -0.15) is 13.2 Å². The summed E-state index contributed by atoms with van der Waals surface area (Å²) >= 11 is 0. The molecule has 8 heteroatoms. The van der Waals surface area contributed by atoms with Gasteiger partial charge in [0.25, 0.3) is 0 Å². The summed E-state index contributed by atoms with van der Waals surface area (Å²) in [7, 11) is 1.65. The highest BCUT2D eigenvalue weighted by Crippen LogP contribution is 2.25. The molecule has 0 spiro atoms. The molecule has 1 aromatic rings. The molecule has 0 saturated carbocycles. The van der Waals surface area contributed by atoms with Crippen LogP contribution in [0.2, 0.25) is 0 Å². The Morgan fingerprint density at radius 2 is 1.81 bits per heavy atom. The van der Waals surface area contributed by atoms with Gasteiger partial charge in [-0.1, -0.05) is 18.2 Å². The Kier molecular flexibility index (Phi) is 5.72. The summed E-state index contributed by atoms with van der Waals surface area (Å²) in [6.45, 7) is 2.73. The number of benzene rings is 1. The first-order valence-corrected chi connectivity index (χ1v) is 8.81. The molecule has 0 N–H and O–H groups in total. The molecule has 1 atom stereocenters. The van der Waals surface area contributed by atoms with Crippen LogP contribution in [0.4, 0.5) is 13.2 Å². The van der Waals surface area contributed by atoms with Crippen LogP contribution in [0.3, 0.4) is 0 Å². The summed E-state index contributed by atoms with van der Waals surface area (Å²) in [5.74, 6) is 0.462. The monoisotopic (exact) mass is 371 g/mol. The number of amides is 1. The molecule has 0 aromatic heterocycles. The van der Waals surface area contributed by atoms with Crippen LogP contribution in [0.1, 0.15) is 12.0 Å². The van der Waals surface area contributed by atoms with Crippen molar-refractivity contribution in [1.82, 2.24) is 14.7 Å². The predicted octanol–water partition coefficient (Wildman–Crippen LogP) is 1.98. The number of carbonyl (C=O) groups is 1. The summed E-state index contributed by atoms with van der Waals surface area (Å²) in [6.07, 6.45) is -3.86. The number of likely N-dealkylation sites (tertiary alicyclic amines) is 1. The Labute approximate surface area is 151 Å². The molecule has 2 aliphatic rings. The van der Waals surface area contributed by atoms with Crippen molar-refractivity contribution in [3.63, 3.8) is 0 Å². The van der Waals surface area contributed by atoms with E-state index in [1.807, 2.05) is 29.2 Å². The number of rotatable bonds is 5. The van der Waals surface area contributed by atoms with Gasteiger partial charge in [-0.25, -0.2) is 0 Å². The Morgan fingerprint density at radius 3 is 2.46 bits per heavy atom. The van der Waals surface area contributed by atoms with Gasteiger partial charge in [0.1, 0.15) is 12.3 Å². The van der Waals surface area contributed by atoms with Crippen LogP contribution >= 0.6 is 0 Å². The van der Waals surface area contributed by atoms with E-state index >= 15 is 0 Å². The number of nitrogens with zero attached hydrogens (tertiary/aromatic N) is 3. The predicted molar refractivity (Wildman–Crippen MR) is 90.9 cm³/mol. The molecular weight excluding hydrogens is 347 g/mol. The Hall–Kier alpha value is -1.80. The second-order valence-electron chi connectivity index (χ2n) is 6.80. The number of para-hydroxylation sites is 1. The second kappa shape index (κ2) is 7.84. The van der Waals surface area contributed by atoms with E-state index in [2.05, 4.69) is 4.90 Å². The molecule has 2 fully saturated rings. The van der Waals surface area contributed by atoms with Gasteiger partial charge in [0.05, 0.1) is 13.2 Å². The minimum Gasteiger partial charge on any atom is -0.496 e. The van der Waals surface area contributed by atoms with Gasteiger partial charge in [0.2, 0.25) is 5.91 Å². The van der Waals surface area contributed by atoms with Crippen molar-refractivity contribution >= 4 is 5.91 Å². The van der Waals surface area contributed by atoms with E-state index in [0.29, 0.717) is 19.5 Å². The zero-order valence-corrected chi connectivity index (χ0v) is 14.8. The number of halogens is 3. The lowest BCUT2D eigenvalue weighted by atomic mass is 10.1. The molecule has 1 unspecified atom stereocenters. The molecule has 5 nitrogen and oxygen atoms in total. The standard InChI is InChI=1S/C18H24F3N3O2/c1-26-16-5-3-2-4-14(16)12-22-8-10-23(11-9-22)15-6-7-24(17(15)25)13-18(19,20)21/h2-5,15H,6-13H2,1H3. The van der Waals surface area contributed by atoms with Gasteiger partial charge in [-0.05, 0) is 12.5 Å². The van der Waals surface area contributed by atoms with E-state index in [9.17, 15) is 18.0 Å². The van der Waals surface area contributed by atoms with Gasteiger partial charge in [-0.3, -0.25) is 14.6 Å². The molecule has 144 valence electrons. The maximum atomic E-state index is 12.5. The third-order valence-corrected chi connectivity index (χ3v) is 5.07. The maximum absolute atomic E-state index is 12.5. The topological polar surface area (TPSA) is 36.0 Å². The van der Waals surface area contributed by atoms with Gasteiger partial charge < -0.3 is 9.64 Å². The van der Waals surface area contributed by atoms with Gasteiger partial charge >= 0.3 is 6.18 Å². The van der Waals surface area contributed by atoms with Crippen molar-refractivity contribution in [1.29, 1.82) is 0 Å². The van der Waals surface area contributed by atoms with Crippen LogP contribution in [-0.4, -0.2) is 79.2 Å². The smallest absolute Gasteiger partial charge is 0.406 e. The van der Waals surface area contributed by atoms with Gasteiger partial charge in [0, 0.05) is 44.8 Å². The summed E-state index contributed by atoms with van der Waals surface area (Å²) in [5, 5.41) is 0. The number of hydrogen-bond donors (Lipinski definition) is 0. The van der Waals surface area contributed by atoms with E-state index in [1.165, 1.54) is 0 Å². The number of carbonyl (C=O) groups excluding carboxylic acids is 1. The van der Waals surface area contributed by atoms with Crippen molar-refractivity contribution in [2.45, 2.75) is 25.2 Å². The van der Waals surface area contributed by atoms with Crippen molar-refractivity contribution in [2.75, 3.05) is 46.4 Å². The van der Waals surface area contributed by atoms with Crippen molar-refractivity contribution in [3.8, 4) is 5.75 Å². The quantitative estimate of drug-likeness (QED) is 0.793. The molecular formula is C18H24F3N3O2. The number of methoxy groups -OCH3 is 1. The second-order valence-corrected chi connectivity index (χ2v) is 6.80. The van der Waals surface area contributed by atoms with Crippen LogP contribution in [-0.2, 0) is 11.3 Å². The first-order chi connectivity index (χ1) is 12.4. The van der Waals surface area contributed by atoms with Crippen LogP contribution in [0.15, 0.2) is 24.3 Å². The average molecular weight is 371 g/mol. The van der Waals surface area contributed by atoms with E-state index < -0.39 is 18.8 Å². The van der Waals surface area contributed by atoms with E-state index in [4.69, 9.17) is 4.74 Å². The number of alkyl halides is 3. The molecule has 2 heterocycles. The lowest BCUT2D eigenvalue weighted by Gasteiger charge is -2.37. The van der Waals surface area contributed by atoms with Gasteiger partial charge in [0.15, 0.2) is 0 Å². The SMILES string of the molecule is COc1ccccc1CN1CCN(C2CCN(CC(F)(F)F)C2=O)CC1. The third-order valence-electron chi connectivity index (χ3n) is 5.07. The summed E-state index contributed by atoms with van der Waals surface area (Å²) < 4.78 is 43.0. The van der Waals surface area contributed by atoms with Crippen LogP contribution < -0.4 is 4.74 Å². The fraction of sp³-hybridized carbons (Fsp3) is 0.611. The van der Waals surface area contributed by atoms with Crippen molar-refractivity contribution < 1.29 is 22.7 Å². The fourth-order valence-corrected chi connectivity index (χ4v) is 3.74. The molecule has 3 rings (SSSR count). The first kappa shape index (κ1) is 19.0. The summed E-state index contributed by atoms with van der Waals surface area (Å²) in [6, 6.07) is 7.45. The highest BCUT2D eigenvalue weighted by atomic mass is 19.4. The molecule has 0 aliphatic carbocycles. The van der Waals surface area contributed by atoms with E-state index in [1.54, 1.807) is 7.11 Å². The Balaban J connectivity index is 1.52. The van der Waals surface area contributed by atoms with E-state index in [-0.39, 0.29) is 12.5 Å². The van der Waals surface area contributed by atoms with Crippen LogP contribution in [0.25, 0.3) is 0 Å². The fourth-order valence-electron chi connectivity index (χ4n) is 3.74. The molecule has 2 aliphatic heterocycles. The minimum atomic E-state index is -4.34. The Morgan fingerprint density at radius 1 is 1.12 bits per heavy atom. The lowest BCUT2D eigenvalue weighted by Crippen LogP contribution is -2.52. The molecule has 26 heavy (non-hydrogen) atoms. The van der Waals surface area contributed by atoms with Crippen molar-refractivity contribution in [3.05, 3.63) is 29.8 Å². The third kappa shape index (κ3) is 4.48. The molecule has 2 saturated heterocycles. The number of piperazine rings is 1. The maximum Gasteiger partial charge on any atom is 0.406 e. The zero-order valence-electron chi connectivity index (χ0n) is 14.8. The summed E-state index contributed by atoms with van der Waals surface area (Å²) in [4.78, 5) is 17.5. The highest BCUT2D eigenvalue weighted by Gasteiger charge is 2.41. The summed E-state index contributed by atoms with van der Waals surface area (Å²) in [5.41, 5.74) is 1.11. The van der Waals surface area contributed by atoms with Crippen LogP contribution in [0, 0.1) is 0 Å². The first-order valence-electron chi connectivity index (χ1n) is 8.81. The molecule has 0 radical (unpaired) electrons. The lowest BCUT2D eigenvalue weighted by molar-refractivity contribution is -0.159. The molecule has 1 aromatic carbocycles. The largest absolute Gasteiger partial charge is 0.496 e.